The molecule has 1 aliphatic rings. The minimum absolute atomic E-state index is 0.0581. The van der Waals surface area contributed by atoms with Crippen LogP contribution in [0.15, 0.2) is 34.3 Å². The number of amides is 2. The second-order valence-corrected chi connectivity index (χ2v) is 3.85. The van der Waals surface area contributed by atoms with Crippen LogP contribution < -0.4 is 4.90 Å². The van der Waals surface area contributed by atoms with Crippen LogP contribution in [0.2, 0.25) is 0 Å². The van der Waals surface area contributed by atoms with Gasteiger partial charge in [-0.1, -0.05) is 29.3 Å². The number of rotatable bonds is 1. The van der Waals surface area contributed by atoms with Gasteiger partial charge in [0.1, 0.15) is 15.8 Å². The number of hydrogen-bond acceptors (Lipinski definition) is 3. The first-order valence-electron chi connectivity index (χ1n) is 4.25. The molecule has 0 saturated carbocycles. The van der Waals surface area contributed by atoms with Crippen LogP contribution >= 0.6 is 23.2 Å². The van der Waals surface area contributed by atoms with E-state index in [9.17, 15) is 14.7 Å². The predicted molar refractivity (Wildman–Crippen MR) is 59.3 cm³/mol. The SMILES string of the molecule is O=C1C(Cl)=C(Cl)C(=O)N1c1cccc(O)c1. The summed E-state index contributed by atoms with van der Waals surface area (Å²) < 4.78 is 0. The van der Waals surface area contributed by atoms with Gasteiger partial charge in [-0.05, 0) is 12.1 Å². The minimum Gasteiger partial charge on any atom is -0.508 e. The van der Waals surface area contributed by atoms with Crippen molar-refractivity contribution in [2.24, 2.45) is 0 Å². The minimum atomic E-state index is -0.692. The van der Waals surface area contributed by atoms with Crippen molar-refractivity contribution in [3.05, 3.63) is 34.3 Å². The fourth-order valence-corrected chi connectivity index (χ4v) is 1.67. The third-order valence-electron chi connectivity index (χ3n) is 2.06. The van der Waals surface area contributed by atoms with Crippen LogP contribution in [0.3, 0.4) is 0 Å². The molecule has 6 heteroatoms. The number of hydrogen-bond donors (Lipinski definition) is 1. The average Bonchev–Trinajstić information content (AvgIpc) is 2.44. The average molecular weight is 258 g/mol. The van der Waals surface area contributed by atoms with Crippen LogP contribution in [0.25, 0.3) is 0 Å². The Labute approximate surface area is 101 Å². The zero-order valence-electron chi connectivity index (χ0n) is 7.78. The van der Waals surface area contributed by atoms with E-state index in [1.54, 1.807) is 0 Å². The molecule has 2 rings (SSSR count). The van der Waals surface area contributed by atoms with Crippen LogP contribution in [0, 0.1) is 0 Å². The maximum atomic E-state index is 11.6. The summed E-state index contributed by atoms with van der Waals surface area (Å²) in [7, 11) is 0. The van der Waals surface area contributed by atoms with Crippen molar-refractivity contribution in [1.82, 2.24) is 0 Å². The molecule has 0 bridgehead atoms. The lowest BCUT2D eigenvalue weighted by Crippen LogP contribution is -2.30. The lowest BCUT2D eigenvalue weighted by atomic mass is 10.3. The van der Waals surface area contributed by atoms with Crippen LogP contribution in [0.1, 0.15) is 0 Å². The number of benzene rings is 1. The highest BCUT2D eigenvalue weighted by atomic mass is 35.5. The molecule has 1 aromatic carbocycles. The third-order valence-corrected chi connectivity index (χ3v) is 2.86. The predicted octanol–water partition coefficient (Wildman–Crippen LogP) is 1.95. The van der Waals surface area contributed by atoms with Crippen molar-refractivity contribution in [3.63, 3.8) is 0 Å². The number of phenols is 1. The van der Waals surface area contributed by atoms with Gasteiger partial charge < -0.3 is 5.11 Å². The number of carbonyl (C=O) groups is 2. The molecule has 4 nitrogen and oxygen atoms in total. The molecule has 0 radical (unpaired) electrons. The Bertz CT molecular complexity index is 501. The van der Waals surface area contributed by atoms with Gasteiger partial charge in [-0.3, -0.25) is 9.59 Å². The van der Waals surface area contributed by atoms with E-state index in [1.807, 2.05) is 0 Å². The molecule has 1 N–H and O–H groups in total. The van der Waals surface area contributed by atoms with E-state index in [0.29, 0.717) is 0 Å². The first kappa shape index (κ1) is 11.0. The molecule has 82 valence electrons. The topological polar surface area (TPSA) is 57.6 Å². The zero-order chi connectivity index (χ0) is 11.9. The number of carbonyl (C=O) groups excluding carboxylic acids is 2. The number of nitrogens with zero attached hydrogens (tertiary/aromatic N) is 1. The van der Waals surface area contributed by atoms with E-state index in [1.165, 1.54) is 24.3 Å². The molecule has 0 aromatic heterocycles. The smallest absolute Gasteiger partial charge is 0.278 e. The normalized spacial score (nSPS) is 16.2. The lowest BCUT2D eigenvalue weighted by molar-refractivity contribution is -0.120. The summed E-state index contributed by atoms with van der Waals surface area (Å²) in [6, 6.07) is 5.70. The molecular formula is C10H5Cl2NO3. The highest BCUT2D eigenvalue weighted by molar-refractivity contribution is 6.62. The maximum Gasteiger partial charge on any atom is 0.278 e. The fourth-order valence-electron chi connectivity index (χ4n) is 1.34. The Morgan fingerprint density at radius 2 is 1.62 bits per heavy atom. The van der Waals surface area contributed by atoms with Crippen molar-refractivity contribution >= 4 is 40.7 Å². The molecule has 0 aliphatic carbocycles. The summed E-state index contributed by atoms with van der Waals surface area (Å²) >= 11 is 11.1. The number of halogens is 2. The second kappa shape index (κ2) is 3.81. The molecule has 0 saturated heterocycles. The van der Waals surface area contributed by atoms with Gasteiger partial charge in [-0.2, -0.15) is 0 Å². The Balaban J connectivity index is 2.46. The molecule has 0 spiro atoms. The summed E-state index contributed by atoms with van der Waals surface area (Å²) in [5, 5.41) is 8.63. The van der Waals surface area contributed by atoms with Gasteiger partial charge in [-0.25, -0.2) is 4.90 Å². The molecule has 2 amide bonds. The molecule has 0 unspecified atom stereocenters. The van der Waals surface area contributed by atoms with Gasteiger partial charge >= 0.3 is 0 Å². The number of imide groups is 1. The van der Waals surface area contributed by atoms with Crippen LogP contribution in [-0.4, -0.2) is 16.9 Å². The van der Waals surface area contributed by atoms with Crippen LogP contribution in [0.4, 0.5) is 5.69 Å². The van der Waals surface area contributed by atoms with Crippen LogP contribution in [0.5, 0.6) is 5.75 Å². The number of phenolic OH excluding ortho intramolecular Hbond substituents is 1. The Morgan fingerprint density at radius 1 is 1.06 bits per heavy atom. The van der Waals surface area contributed by atoms with E-state index < -0.39 is 11.8 Å². The summed E-state index contributed by atoms with van der Waals surface area (Å²) in [5.41, 5.74) is 0.226. The second-order valence-electron chi connectivity index (χ2n) is 3.09. The summed E-state index contributed by atoms with van der Waals surface area (Å²) in [6.07, 6.45) is 0. The summed E-state index contributed by atoms with van der Waals surface area (Å²) in [5.74, 6) is -1.44. The number of anilines is 1. The third kappa shape index (κ3) is 1.56. The molecule has 0 fully saturated rings. The highest BCUT2D eigenvalue weighted by Crippen LogP contribution is 2.32. The van der Waals surface area contributed by atoms with Crippen molar-refractivity contribution in [2.75, 3.05) is 4.90 Å². The zero-order valence-corrected chi connectivity index (χ0v) is 9.29. The fraction of sp³-hybridized carbons (Fsp3) is 0. The van der Waals surface area contributed by atoms with Crippen molar-refractivity contribution in [3.8, 4) is 5.75 Å². The summed E-state index contributed by atoms with van der Waals surface area (Å²) in [4.78, 5) is 24.0. The van der Waals surface area contributed by atoms with E-state index >= 15 is 0 Å². The standard InChI is InChI=1S/C10H5Cl2NO3/c11-7-8(12)10(16)13(9(7)15)5-2-1-3-6(14)4-5/h1-4,14H. The number of aromatic hydroxyl groups is 1. The maximum absolute atomic E-state index is 11.6. The molecule has 16 heavy (non-hydrogen) atoms. The van der Waals surface area contributed by atoms with Crippen molar-refractivity contribution in [2.45, 2.75) is 0 Å². The van der Waals surface area contributed by atoms with Crippen LogP contribution in [-0.2, 0) is 9.59 Å². The highest BCUT2D eigenvalue weighted by Gasteiger charge is 2.37. The Hall–Kier alpha value is -1.52. The quantitative estimate of drug-likeness (QED) is 0.783. The first-order valence-corrected chi connectivity index (χ1v) is 5.01. The molecule has 1 aromatic rings. The van der Waals surface area contributed by atoms with E-state index in [2.05, 4.69) is 0 Å². The van der Waals surface area contributed by atoms with Crippen molar-refractivity contribution in [1.29, 1.82) is 0 Å². The van der Waals surface area contributed by atoms with Gasteiger partial charge in [-0.15, -0.1) is 0 Å². The van der Waals surface area contributed by atoms with Gasteiger partial charge in [0.15, 0.2) is 0 Å². The van der Waals surface area contributed by atoms with E-state index in [0.717, 1.165) is 4.90 Å². The van der Waals surface area contributed by atoms with Gasteiger partial charge in [0.05, 0.1) is 5.69 Å². The van der Waals surface area contributed by atoms with Gasteiger partial charge in [0.2, 0.25) is 0 Å². The molecule has 1 aliphatic heterocycles. The first-order chi connectivity index (χ1) is 7.52. The molecular weight excluding hydrogens is 253 g/mol. The Morgan fingerprint density at radius 3 is 2.12 bits per heavy atom. The van der Waals surface area contributed by atoms with Gasteiger partial charge in [0, 0.05) is 6.07 Å². The Kier molecular flexibility index (Phi) is 2.61. The summed E-state index contributed by atoms with van der Waals surface area (Å²) in [6.45, 7) is 0. The lowest BCUT2D eigenvalue weighted by Gasteiger charge is -2.13. The largest absolute Gasteiger partial charge is 0.508 e. The van der Waals surface area contributed by atoms with Crippen molar-refractivity contribution < 1.29 is 14.7 Å². The molecule has 1 heterocycles. The monoisotopic (exact) mass is 257 g/mol. The van der Waals surface area contributed by atoms with E-state index in [4.69, 9.17) is 23.2 Å². The van der Waals surface area contributed by atoms with E-state index in [-0.39, 0.29) is 21.5 Å². The van der Waals surface area contributed by atoms with Gasteiger partial charge in [0.25, 0.3) is 11.8 Å². The molecule has 0 atom stereocenters.